The highest BCUT2D eigenvalue weighted by Crippen LogP contribution is 2.32. The molecule has 1 fully saturated rings. The van der Waals surface area contributed by atoms with Gasteiger partial charge in [-0.05, 0) is 54.3 Å². The monoisotopic (exact) mass is 388 g/mol. The summed E-state index contributed by atoms with van der Waals surface area (Å²) < 4.78 is 0. The van der Waals surface area contributed by atoms with Crippen molar-refractivity contribution in [3.05, 3.63) is 64.0 Å². The second-order valence-electron chi connectivity index (χ2n) is 8.72. The molecule has 0 aliphatic carbocycles. The van der Waals surface area contributed by atoms with E-state index >= 15 is 0 Å². The van der Waals surface area contributed by atoms with E-state index in [-0.39, 0.29) is 5.91 Å². The van der Waals surface area contributed by atoms with E-state index in [0.29, 0.717) is 24.9 Å². The first-order valence-electron chi connectivity index (χ1n) is 10.7. The topological polar surface area (TPSA) is 48.8 Å². The molecule has 0 spiro atoms. The zero-order chi connectivity index (χ0) is 20.1. The summed E-state index contributed by atoms with van der Waals surface area (Å²) in [4.78, 5) is 26.7. The van der Waals surface area contributed by atoms with Gasteiger partial charge in [0, 0.05) is 48.7 Å². The highest BCUT2D eigenvalue weighted by Gasteiger charge is 2.38. The predicted molar refractivity (Wildman–Crippen MR) is 114 cm³/mol. The molecule has 1 saturated heterocycles. The van der Waals surface area contributed by atoms with Crippen molar-refractivity contribution in [2.45, 2.75) is 46.3 Å². The predicted octanol–water partition coefficient (Wildman–Crippen LogP) is 2.97. The Morgan fingerprint density at radius 2 is 2.00 bits per heavy atom. The van der Waals surface area contributed by atoms with Gasteiger partial charge in [-0.25, -0.2) is 0 Å². The fourth-order valence-electron chi connectivity index (χ4n) is 5.14. The summed E-state index contributed by atoms with van der Waals surface area (Å²) in [6.07, 6.45) is 2.37. The van der Waals surface area contributed by atoms with Crippen LogP contribution in [0.1, 0.15) is 47.4 Å². The standard InChI is InChI=1S/C24H28N4O/c1-4-27-12-15(2)22(14-27)28-13-20-9-21-19(8-18(20)10-23(28)29)11-26-24(21)17-5-6-25-16(3)7-17/h5-9,15,22H,4,10-14H2,1-3H3/t15-,22-/m1/s1. The fourth-order valence-corrected chi connectivity index (χ4v) is 5.14. The van der Waals surface area contributed by atoms with E-state index in [2.05, 4.69) is 46.8 Å². The van der Waals surface area contributed by atoms with Crippen molar-refractivity contribution in [3.8, 4) is 0 Å². The second-order valence-corrected chi connectivity index (χ2v) is 8.72. The van der Waals surface area contributed by atoms with Gasteiger partial charge in [-0.15, -0.1) is 0 Å². The number of carbonyl (C=O) groups is 1. The van der Waals surface area contributed by atoms with Crippen molar-refractivity contribution in [1.29, 1.82) is 0 Å². The largest absolute Gasteiger partial charge is 0.333 e. The maximum Gasteiger partial charge on any atom is 0.227 e. The second kappa shape index (κ2) is 7.06. The summed E-state index contributed by atoms with van der Waals surface area (Å²) in [7, 11) is 0. The van der Waals surface area contributed by atoms with Crippen LogP contribution in [0.25, 0.3) is 0 Å². The third-order valence-electron chi connectivity index (χ3n) is 6.76. The van der Waals surface area contributed by atoms with E-state index in [4.69, 9.17) is 4.99 Å². The lowest BCUT2D eigenvalue weighted by Gasteiger charge is -2.36. The lowest BCUT2D eigenvalue weighted by Crippen LogP contribution is -2.47. The van der Waals surface area contributed by atoms with Gasteiger partial charge in [-0.1, -0.05) is 19.9 Å². The summed E-state index contributed by atoms with van der Waals surface area (Å²) in [5.74, 6) is 0.794. The molecule has 0 unspecified atom stereocenters. The third-order valence-corrected chi connectivity index (χ3v) is 6.76. The van der Waals surface area contributed by atoms with Crippen LogP contribution in [0.5, 0.6) is 0 Å². The van der Waals surface area contributed by atoms with Crippen molar-refractivity contribution in [2.24, 2.45) is 10.9 Å². The van der Waals surface area contributed by atoms with Crippen molar-refractivity contribution in [2.75, 3.05) is 19.6 Å². The Bertz CT molecular complexity index is 1010. The van der Waals surface area contributed by atoms with Crippen LogP contribution in [0.2, 0.25) is 0 Å². The number of likely N-dealkylation sites (tertiary alicyclic amines) is 1. The van der Waals surface area contributed by atoms with E-state index in [1.807, 2.05) is 19.2 Å². The lowest BCUT2D eigenvalue weighted by molar-refractivity contribution is -0.134. The minimum atomic E-state index is 0.274. The number of likely N-dealkylation sites (N-methyl/N-ethyl adjacent to an activating group) is 1. The van der Waals surface area contributed by atoms with Crippen LogP contribution in [0.4, 0.5) is 0 Å². The number of hydrogen-bond acceptors (Lipinski definition) is 4. The summed E-state index contributed by atoms with van der Waals surface area (Å²) in [6.45, 7) is 11.0. The van der Waals surface area contributed by atoms with Crippen LogP contribution < -0.4 is 0 Å². The van der Waals surface area contributed by atoms with Gasteiger partial charge in [0.1, 0.15) is 0 Å². The van der Waals surface area contributed by atoms with Gasteiger partial charge >= 0.3 is 0 Å². The molecule has 2 atom stereocenters. The number of aromatic nitrogens is 1. The molecule has 1 aromatic heterocycles. The van der Waals surface area contributed by atoms with Gasteiger partial charge in [-0.3, -0.25) is 14.8 Å². The van der Waals surface area contributed by atoms with Crippen molar-refractivity contribution >= 4 is 11.6 Å². The van der Waals surface area contributed by atoms with E-state index < -0.39 is 0 Å². The van der Waals surface area contributed by atoms with Crippen molar-refractivity contribution in [3.63, 3.8) is 0 Å². The number of fused-ring (bicyclic) bond motifs is 2. The summed E-state index contributed by atoms with van der Waals surface area (Å²) >= 11 is 0. The van der Waals surface area contributed by atoms with Crippen molar-refractivity contribution in [1.82, 2.24) is 14.8 Å². The van der Waals surface area contributed by atoms with Gasteiger partial charge in [0.25, 0.3) is 0 Å². The summed E-state index contributed by atoms with van der Waals surface area (Å²) in [5, 5.41) is 0. The SMILES string of the molecule is CCN1C[C@@H](C)[C@H](N2Cc3cc4c(cc3CC2=O)CN=C4c2ccnc(C)c2)C1. The fraction of sp³-hybridized carbons (Fsp3) is 0.458. The molecular formula is C24H28N4O. The molecule has 4 heterocycles. The molecule has 1 amide bonds. The smallest absolute Gasteiger partial charge is 0.227 e. The molecule has 5 nitrogen and oxygen atoms in total. The normalized spacial score (nSPS) is 23.9. The number of benzene rings is 1. The molecule has 3 aliphatic heterocycles. The number of hydrogen-bond donors (Lipinski definition) is 0. The lowest BCUT2D eigenvalue weighted by atomic mass is 9.90. The Balaban J connectivity index is 1.46. The van der Waals surface area contributed by atoms with E-state index in [0.717, 1.165) is 43.1 Å². The average molecular weight is 389 g/mol. The Hall–Kier alpha value is -2.53. The number of rotatable bonds is 3. The molecule has 0 radical (unpaired) electrons. The molecule has 5 rings (SSSR count). The highest BCUT2D eigenvalue weighted by molar-refractivity contribution is 6.15. The minimum Gasteiger partial charge on any atom is -0.333 e. The molecule has 3 aliphatic rings. The minimum absolute atomic E-state index is 0.274. The van der Waals surface area contributed by atoms with Crippen LogP contribution in [0.3, 0.4) is 0 Å². The number of aryl methyl sites for hydroxylation is 1. The highest BCUT2D eigenvalue weighted by atomic mass is 16.2. The first-order chi connectivity index (χ1) is 14.0. The molecule has 5 heteroatoms. The molecule has 0 bridgehead atoms. The molecular weight excluding hydrogens is 360 g/mol. The average Bonchev–Trinajstić information content (AvgIpc) is 3.28. The molecule has 2 aromatic rings. The quantitative estimate of drug-likeness (QED) is 0.812. The molecule has 0 N–H and O–H groups in total. The first kappa shape index (κ1) is 18.5. The van der Waals surface area contributed by atoms with Crippen LogP contribution >= 0.6 is 0 Å². The number of pyridine rings is 1. The van der Waals surface area contributed by atoms with Gasteiger partial charge in [0.2, 0.25) is 5.91 Å². The Labute approximate surface area is 172 Å². The molecule has 1 aromatic carbocycles. The number of carbonyl (C=O) groups excluding carboxylic acids is 1. The van der Waals surface area contributed by atoms with Crippen LogP contribution in [-0.4, -0.2) is 52.1 Å². The Morgan fingerprint density at radius 3 is 2.76 bits per heavy atom. The summed E-state index contributed by atoms with van der Waals surface area (Å²) in [5.41, 5.74) is 8.12. The maximum atomic E-state index is 13.0. The summed E-state index contributed by atoms with van der Waals surface area (Å²) in [6, 6.07) is 8.97. The first-order valence-corrected chi connectivity index (χ1v) is 10.7. The van der Waals surface area contributed by atoms with Crippen LogP contribution in [0.15, 0.2) is 35.5 Å². The van der Waals surface area contributed by atoms with Crippen LogP contribution in [-0.2, 0) is 24.3 Å². The maximum absolute atomic E-state index is 13.0. The Morgan fingerprint density at radius 1 is 1.14 bits per heavy atom. The molecule has 0 saturated carbocycles. The van der Waals surface area contributed by atoms with Gasteiger partial charge in [-0.2, -0.15) is 0 Å². The van der Waals surface area contributed by atoms with Crippen LogP contribution in [0, 0.1) is 12.8 Å². The number of aliphatic imine (C=N–C) groups is 1. The Kier molecular flexibility index (Phi) is 4.50. The van der Waals surface area contributed by atoms with E-state index in [9.17, 15) is 4.79 Å². The third kappa shape index (κ3) is 3.18. The molecule has 29 heavy (non-hydrogen) atoms. The number of amides is 1. The van der Waals surface area contributed by atoms with Crippen molar-refractivity contribution < 1.29 is 4.79 Å². The zero-order valence-electron chi connectivity index (χ0n) is 17.5. The van der Waals surface area contributed by atoms with Gasteiger partial charge in [0.05, 0.1) is 18.7 Å². The van der Waals surface area contributed by atoms with Gasteiger partial charge in [0.15, 0.2) is 0 Å². The van der Waals surface area contributed by atoms with Gasteiger partial charge < -0.3 is 9.80 Å². The van der Waals surface area contributed by atoms with E-state index in [1.54, 1.807) is 0 Å². The zero-order valence-corrected chi connectivity index (χ0v) is 17.5. The van der Waals surface area contributed by atoms with E-state index in [1.165, 1.54) is 22.3 Å². The number of nitrogens with zero attached hydrogens (tertiary/aromatic N) is 4. The molecule has 150 valence electrons.